The van der Waals surface area contributed by atoms with Gasteiger partial charge in [-0.05, 0) is 60.7 Å². The molecule has 3 atom stereocenters. The van der Waals surface area contributed by atoms with Crippen LogP contribution in [-0.4, -0.2) is 79.8 Å². The van der Waals surface area contributed by atoms with E-state index in [9.17, 15) is 4.79 Å². The van der Waals surface area contributed by atoms with Crippen molar-refractivity contribution in [3.8, 4) is 11.5 Å². The van der Waals surface area contributed by atoms with E-state index < -0.39 is 0 Å². The van der Waals surface area contributed by atoms with E-state index in [2.05, 4.69) is 35.0 Å². The van der Waals surface area contributed by atoms with Gasteiger partial charge in [0.05, 0.1) is 20.3 Å². The van der Waals surface area contributed by atoms with Gasteiger partial charge in [-0.1, -0.05) is 0 Å². The molecule has 0 unspecified atom stereocenters. The van der Waals surface area contributed by atoms with Crippen LogP contribution in [0.15, 0.2) is 30.5 Å². The van der Waals surface area contributed by atoms with Crippen LogP contribution in [0.25, 0.3) is 0 Å². The Kier molecular flexibility index (Phi) is 6.72. The summed E-state index contributed by atoms with van der Waals surface area (Å²) in [6.07, 6.45) is 3.67. The Hall–Kier alpha value is -2.68. The fraction of sp³-hybridized carbons (Fsp3) is 0.538. The smallest absolute Gasteiger partial charge is 0.260 e. The lowest BCUT2D eigenvalue weighted by molar-refractivity contribution is -0.137. The second-order valence-corrected chi connectivity index (χ2v) is 9.51. The molecule has 3 aliphatic rings. The van der Waals surface area contributed by atoms with Gasteiger partial charge in [0.15, 0.2) is 18.1 Å². The molecule has 3 aliphatic heterocycles. The molecule has 1 amide bonds. The summed E-state index contributed by atoms with van der Waals surface area (Å²) < 4.78 is 16.9. The zero-order chi connectivity index (χ0) is 23.7. The van der Waals surface area contributed by atoms with Crippen molar-refractivity contribution in [2.45, 2.75) is 37.8 Å². The number of carbonyl (C=O) groups excluding carboxylic acids is 1. The molecular formula is C26H34N4O4. The Morgan fingerprint density at radius 1 is 1.21 bits per heavy atom. The SMILES string of the molecule is COc1cc2c(cc1OCC(=O)N1CCOCC1)CCN1C[C@@H](c3cc(C)ccn3)[C@H](N)C[C@H]21. The van der Waals surface area contributed by atoms with Gasteiger partial charge in [0.25, 0.3) is 5.91 Å². The number of piperidine rings is 1. The first-order valence-electron chi connectivity index (χ1n) is 12.1. The topological polar surface area (TPSA) is 90.1 Å². The predicted molar refractivity (Wildman–Crippen MR) is 128 cm³/mol. The average molecular weight is 467 g/mol. The van der Waals surface area contributed by atoms with Gasteiger partial charge >= 0.3 is 0 Å². The molecule has 1 aromatic heterocycles. The quantitative estimate of drug-likeness (QED) is 0.721. The molecule has 2 fully saturated rings. The molecule has 2 saturated heterocycles. The van der Waals surface area contributed by atoms with Crippen molar-refractivity contribution in [3.05, 3.63) is 52.8 Å². The van der Waals surface area contributed by atoms with Gasteiger partial charge < -0.3 is 24.8 Å². The summed E-state index contributed by atoms with van der Waals surface area (Å²) >= 11 is 0. The van der Waals surface area contributed by atoms with Crippen molar-refractivity contribution in [1.82, 2.24) is 14.8 Å². The van der Waals surface area contributed by atoms with Crippen LogP contribution in [0.2, 0.25) is 0 Å². The molecule has 8 heteroatoms. The van der Waals surface area contributed by atoms with Gasteiger partial charge in [-0.3, -0.25) is 14.7 Å². The highest BCUT2D eigenvalue weighted by Crippen LogP contribution is 2.44. The minimum absolute atomic E-state index is 0.000741. The number of rotatable bonds is 5. The van der Waals surface area contributed by atoms with Crippen LogP contribution >= 0.6 is 0 Å². The molecular weight excluding hydrogens is 432 g/mol. The molecule has 0 aliphatic carbocycles. The van der Waals surface area contributed by atoms with Crippen molar-refractivity contribution in [2.75, 3.05) is 53.1 Å². The Morgan fingerprint density at radius 2 is 2.03 bits per heavy atom. The largest absolute Gasteiger partial charge is 0.493 e. The number of amides is 1. The molecule has 0 saturated carbocycles. The van der Waals surface area contributed by atoms with Gasteiger partial charge in [-0.2, -0.15) is 0 Å². The van der Waals surface area contributed by atoms with Crippen LogP contribution in [0, 0.1) is 6.92 Å². The third kappa shape index (κ3) is 4.62. The molecule has 182 valence electrons. The van der Waals surface area contributed by atoms with Crippen LogP contribution in [0.4, 0.5) is 0 Å². The number of hydrogen-bond acceptors (Lipinski definition) is 7. The number of nitrogens with two attached hydrogens (primary N) is 1. The first-order valence-corrected chi connectivity index (χ1v) is 12.1. The van der Waals surface area contributed by atoms with Crippen LogP contribution in [0.3, 0.4) is 0 Å². The molecule has 0 radical (unpaired) electrons. The number of morpholine rings is 1. The van der Waals surface area contributed by atoms with Crippen LogP contribution in [-0.2, 0) is 16.0 Å². The van der Waals surface area contributed by atoms with E-state index in [1.54, 1.807) is 12.0 Å². The van der Waals surface area contributed by atoms with Gasteiger partial charge in [-0.25, -0.2) is 0 Å². The summed E-state index contributed by atoms with van der Waals surface area (Å²) in [5, 5.41) is 0. The van der Waals surface area contributed by atoms with E-state index in [0.717, 1.165) is 31.6 Å². The van der Waals surface area contributed by atoms with Crippen molar-refractivity contribution in [1.29, 1.82) is 0 Å². The van der Waals surface area contributed by atoms with Gasteiger partial charge in [0, 0.05) is 56.1 Å². The van der Waals surface area contributed by atoms with Gasteiger partial charge in [0.2, 0.25) is 0 Å². The number of pyridine rings is 1. The fourth-order valence-corrected chi connectivity index (χ4v) is 5.46. The molecule has 34 heavy (non-hydrogen) atoms. The van der Waals surface area contributed by atoms with Crippen molar-refractivity contribution in [3.63, 3.8) is 0 Å². The Bertz CT molecular complexity index is 1040. The van der Waals surface area contributed by atoms with E-state index >= 15 is 0 Å². The summed E-state index contributed by atoms with van der Waals surface area (Å²) in [6, 6.07) is 8.61. The highest BCUT2D eigenvalue weighted by Gasteiger charge is 2.39. The molecule has 0 spiro atoms. The van der Waals surface area contributed by atoms with E-state index in [1.807, 2.05) is 12.3 Å². The summed E-state index contributed by atoms with van der Waals surface area (Å²) in [6.45, 7) is 6.34. The molecule has 2 aromatic rings. The Balaban J connectivity index is 1.32. The Morgan fingerprint density at radius 3 is 2.79 bits per heavy atom. The second kappa shape index (κ2) is 9.90. The number of aromatic nitrogens is 1. The third-order valence-corrected chi connectivity index (χ3v) is 7.37. The summed E-state index contributed by atoms with van der Waals surface area (Å²) in [5.74, 6) is 1.49. The minimum atomic E-state index is -0.0247. The number of methoxy groups -OCH3 is 1. The number of benzene rings is 1. The third-order valence-electron chi connectivity index (χ3n) is 7.37. The maximum absolute atomic E-state index is 12.5. The summed E-state index contributed by atoms with van der Waals surface area (Å²) in [7, 11) is 1.64. The van der Waals surface area contributed by atoms with Crippen molar-refractivity contribution < 1.29 is 19.0 Å². The number of ether oxygens (including phenoxy) is 3. The van der Waals surface area contributed by atoms with Crippen LogP contribution in [0.1, 0.15) is 40.8 Å². The zero-order valence-electron chi connectivity index (χ0n) is 20.0. The fourth-order valence-electron chi connectivity index (χ4n) is 5.46. The molecule has 1 aromatic carbocycles. The number of aryl methyl sites for hydroxylation is 1. The van der Waals surface area contributed by atoms with Crippen molar-refractivity contribution in [2.24, 2.45) is 5.73 Å². The minimum Gasteiger partial charge on any atom is -0.493 e. The average Bonchev–Trinajstić information content (AvgIpc) is 2.86. The van der Waals surface area contributed by atoms with E-state index in [4.69, 9.17) is 19.9 Å². The first-order chi connectivity index (χ1) is 16.5. The summed E-state index contributed by atoms with van der Waals surface area (Å²) in [4.78, 5) is 21.5. The van der Waals surface area contributed by atoms with Gasteiger partial charge in [-0.15, -0.1) is 0 Å². The van der Waals surface area contributed by atoms with E-state index in [-0.39, 0.29) is 30.5 Å². The molecule has 5 rings (SSSR count). The highest BCUT2D eigenvalue weighted by atomic mass is 16.5. The number of nitrogens with zero attached hydrogens (tertiary/aromatic N) is 3. The number of carbonyl (C=O) groups is 1. The van der Waals surface area contributed by atoms with Gasteiger partial charge in [0.1, 0.15) is 0 Å². The number of fused-ring (bicyclic) bond motifs is 3. The Labute approximate surface area is 201 Å². The lowest BCUT2D eigenvalue weighted by atomic mass is 9.79. The maximum Gasteiger partial charge on any atom is 0.260 e. The maximum atomic E-state index is 12.5. The highest BCUT2D eigenvalue weighted by molar-refractivity contribution is 5.78. The lowest BCUT2D eigenvalue weighted by Crippen LogP contribution is -2.50. The number of hydrogen-bond donors (Lipinski definition) is 1. The van der Waals surface area contributed by atoms with Crippen LogP contribution < -0.4 is 15.2 Å². The second-order valence-electron chi connectivity index (χ2n) is 9.51. The lowest BCUT2D eigenvalue weighted by Gasteiger charge is -2.46. The van der Waals surface area contributed by atoms with E-state index in [0.29, 0.717) is 37.8 Å². The molecule has 2 N–H and O–H groups in total. The monoisotopic (exact) mass is 466 g/mol. The van der Waals surface area contributed by atoms with E-state index in [1.165, 1.54) is 16.7 Å². The molecule has 0 bridgehead atoms. The molecule has 8 nitrogen and oxygen atoms in total. The normalized spacial score (nSPS) is 24.8. The van der Waals surface area contributed by atoms with Crippen molar-refractivity contribution >= 4 is 5.91 Å². The van der Waals surface area contributed by atoms with Crippen LogP contribution in [0.5, 0.6) is 11.5 Å². The molecule has 4 heterocycles. The predicted octanol–water partition coefficient (Wildman–Crippen LogP) is 2.05. The zero-order valence-corrected chi connectivity index (χ0v) is 20.0. The standard InChI is InChI=1S/C26H34N4O4/c1-17-3-5-28-22(11-17)20-15-30-6-4-18-12-25(34-16-26(31)29-7-9-33-10-8-29)24(32-2)13-19(18)23(30)14-21(20)27/h3,5,11-13,20-21,23H,4,6-10,14-16,27H2,1-2H3/t20-,21-,23-/m1/s1. The summed E-state index contributed by atoms with van der Waals surface area (Å²) in [5.41, 5.74) is 11.5. The first kappa shape index (κ1) is 23.1.